The Balaban J connectivity index is 0.000000246. The van der Waals surface area contributed by atoms with Crippen molar-refractivity contribution in [2.75, 3.05) is 6.54 Å². The predicted molar refractivity (Wildman–Crippen MR) is 90.1 cm³/mol. The fourth-order valence-electron chi connectivity index (χ4n) is 3.44. The van der Waals surface area contributed by atoms with Gasteiger partial charge in [-0.2, -0.15) is 0 Å². The van der Waals surface area contributed by atoms with E-state index in [1.807, 2.05) is 0 Å². The lowest BCUT2D eigenvalue weighted by atomic mass is 9.91. The fourth-order valence-corrected chi connectivity index (χ4v) is 3.44. The van der Waals surface area contributed by atoms with E-state index in [2.05, 4.69) is 12.2 Å². The first-order valence-electron chi connectivity index (χ1n) is 9.33. The zero-order valence-electron chi connectivity index (χ0n) is 13.8. The maximum Gasteiger partial charge on any atom is 0.00696 e. The number of hydrogen-bond acceptors (Lipinski definition) is 2. The summed E-state index contributed by atoms with van der Waals surface area (Å²) in [6.45, 7) is 3.07. The van der Waals surface area contributed by atoms with Gasteiger partial charge in [-0.15, -0.1) is 0 Å². The topological polar surface area (TPSA) is 38.0 Å². The summed E-state index contributed by atoms with van der Waals surface area (Å²) in [6, 6.07) is 1.74. The fraction of sp³-hybridized carbons (Fsp3) is 1.00. The number of nitrogens with two attached hydrogens (primary N) is 1. The molecule has 0 atom stereocenters. The Hall–Kier alpha value is -0.0800. The van der Waals surface area contributed by atoms with Gasteiger partial charge in [0.15, 0.2) is 0 Å². The van der Waals surface area contributed by atoms with E-state index in [4.69, 9.17) is 5.73 Å². The Bertz CT molecular complexity index is 174. The van der Waals surface area contributed by atoms with Crippen molar-refractivity contribution in [2.24, 2.45) is 5.73 Å². The van der Waals surface area contributed by atoms with E-state index >= 15 is 0 Å². The van der Waals surface area contributed by atoms with E-state index in [-0.39, 0.29) is 0 Å². The third-order valence-corrected chi connectivity index (χ3v) is 4.74. The minimum Gasteiger partial charge on any atom is -0.330 e. The number of hydrogen-bond donors (Lipinski definition) is 2. The van der Waals surface area contributed by atoms with Gasteiger partial charge >= 0.3 is 0 Å². The van der Waals surface area contributed by atoms with Crippen molar-refractivity contribution in [3.05, 3.63) is 0 Å². The second kappa shape index (κ2) is 12.6. The Morgan fingerprint density at radius 2 is 1.25 bits per heavy atom. The number of nitrogens with one attached hydrogen (secondary N) is 1. The van der Waals surface area contributed by atoms with Crippen LogP contribution in [0.4, 0.5) is 0 Å². The van der Waals surface area contributed by atoms with Gasteiger partial charge < -0.3 is 11.1 Å². The highest BCUT2D eigenvalue weighted by Crippen LogP contribution is 2.22. The average molecular weight is 283 g/mol. The number of unbranched alkanes of at least 4 members (excludes halogenated alkanes) is 3. The van der Waals surface area contributed by atoms with Gasteiger partial charge in [0, 0.05) is 12.1 Å². The molecule has 0 radical (unpaired) electrons. The quantitative estimate of drug-likeness (QED) is 0.689. The van der Waals surface area contributed by atoms with Crippen molar-refractivity contribution in [3.63, 3.8) is 0 Å². The lowest BCUT2D eigenvalue weighted by Crippen LogP contribution is -2.40. The van der Waals surface area contributed by atoms with Gasteiger partial charge in [0.2, 0.25) is 0 Å². The van der Waals surface area contributed by atoms with Gasteiger partial charge in [0.25, 0.3) is 0 Å². The third kappa shape index (κ3) is 8.97. The van der Waals surface area contributed by atoms with Crippen LogP contribution in [-0.2, 0) is 0 Å². The van der Waals surface area contributed by atoms with Crippen LogP contribution in [0, 0.1) is 0 Å². The summed E-state index contributed by atoms with van der Waals surface area (Å²) in [7, 11) is 0. The summed E-state index contributed by atoms with van der Waals surface area (Å²) in [6.07, 6.45) is 19.7. The van der Waals surface area contributed by atoms with Crippen LogP contribution in [-0.4, -0.2) is 18.6 Å². The molecule has 0 bridgehead atoms. The molecule has 20 heavy (non-hydrogen) atoms. The minimum absolute atomic E-state index is 0.861. The molecule has 2 aliphatic rings. The Kier molecular flexibility index (Phi) is 11.4. The van der Waals surface area contributed by atoms with Gasteiger partial charge in [-0.1, -0.05) is 64.7 Å². The van der Waals surface area contributed by atoms with Gasteiger partial charge in [0.05, 0.1) is 0 Å². The van der Waals surface area contributed by atoms with Crippen molar-refractivity contribution in [2.45, 2.75) is 109 Å². The molecule has 2 saturated carbocycles. The molecule has 0 saturated heterocycles. The first-order chi connectivity index (χ1) is 9.86. The second-order valence-corrected chi connectivity index (χ2v) is 6.69. The standard InChI is InChI=1S/C12H23N.C6H15N/c1-3-7-11(8-4-1)13-12-9-5-2-6-10-12;1-2-3-4-5-6-7/h11-13H,1-10H2;2-7H2,1H3. The van der Waals surface area contributed by atoms with Crippen LogP contribution in [0.15, 0.2) is 0 Å². The molecule has 0 heterocycles. The van der Waals surface area contributed by atoms with Crippen molar-refractivity contribution >= 4 is 0 Å². The maximum absolute atomic E-state index is 5.27. The molecule has 0 aromatic heterocycles. The summed E-state index contributed by atoms with van der Waals surface area (Å²) >= 11 is 0. The second-order valence-electron chi connectivity index (χ2n) is 6.69. The van der Waals surface area contributed by atoms with Crippen LogP contribution >= 0.6 is 0 Å². The Labute approximate surface area is 127 Å². The van der Waals surface area contributed by atoms with Gasteiger partial charge in [-0.3, -0.25) is 0 Å². The van der Waals surface area contributed by atoms with Crippen LogP contribution in [0.1, 0.15) is 96.8 Å². The SMILES string of the molecule is C1CCC(NC2CCCCC2)CC1.CCCCCCN. The zero-order valence-corrected chi connectivity index (χ0v) is 13.8. The molecule has 0 amide bonds. The minimum atomic E-state index is 0.861. The lowest BCUT2D eigenvalue weighted by molar-refractivity contribution is 0.291. The highest BCUT2D eigenvalue weighted by Gasteiger charge is 2.19. The van der Waals surface area contributed by atoms with Crippen molar-refractivity contribution in [3.8, 4) is 0 Å². The van der Waals surface area contributed by atoms with Crippen LogP contribution < -0.4 is 11.1 Å². The third-order valence-electron chi connectivity index (χ3n) is 4.74. The first-order valence-corrected chi connectivity index (χ1v) is 9.33. The van der Waals surface area contributed by atoms with E-state index in [0.29, 0.717) is 0 Å². The van der Waals surface area contributed by atoms with Crippen molar-refractivity contribution in [1.29, 1.82) is 0 Å². The summed E-state index contributed by atoms with van der Waals surface area (Å²) < 4.78 is 0. The molecule has 2 rings (SSSR count). The van der Waals surface area contributed by atoms with E-state index in [9.17, 15) is 0 Å². The summed E-state index contributed by atoms with van der Waals surface area (Å²) in [5.41, 5.74) is 5.27. The normalized spacial score (nSPS) is 21.3. The molecule has 2 aliphatic carbocycles. The zero-order chi connectivity index (χ0) is 14.5. The highest BCUT2D eigenvalue weighted by atomic mass is 14.9. The molecule has 2 heteroatoms. The van der Waals surface area contributed by atoms with Crippen molar-refractivity contribution < 1.29 is 0 Å². The average Bonchev–Trinajstić information content (AvgIpc) is 2.51. The molecule has 0 aromatic rings. The van der Waals surface area contributed by atoms with Gasteiger partial charge in [-0.25, -0.2) is 0 Å². The monoisotopic (exact) mass is 282 g/mol. The van der Waals surface area contributed by atoms with Crippen LogP contribution in [0.3, 0.4) is 0 Å². The lowest BCUT2D eigenvalue weighted by Gasteiger charge is -2.30. The largest absolute Gasteiger partial charge is 0.330 e. The maximum atomic E-state index is 5.27. The number of rotatable bonds is 6. The molecule has 0 unspecified atom stereocenters. The van der Waals surface area contributed by atoms with E-state index in [1.165, 1.54) is 89.9 Å². The molecule has 0 aliphatic heterocycles. The molecule has 2 fully saturated rings. The smallest absolute Gasteiger partial charge is 0.00696 e. The van der Waals surface area contributed by atoms with Crippen LogP contribution in [0.2, 0.25) is 0 Å². The molecular weight excluding hydrogens is 244 g/mol. The molecular formula is C18H38N2. The Morgan fingerprint density at radius 1 is 0.750 bits per heavy atom. The van der Waals surface area contributed by atoms with Gasteiger partial charge in [-0.05, 0) is 38.6 Å². The molecule has 3 N–H and O–H groups in total. The van der Waals surface area contributed by atoms with E-state index in [1.54, 1.807) is 0 Å². The predicted octanol–water partition coefficient (Wildman–Crippen LogP) is 4.77. The molecule has 0 spiro atoms. The van der Waals surface area contributed by atoms with Crippen LogP contribution in [0.25, 0.3) is 0 Å². The first kappa shape index (κ1) is 18.0. The summed E-state index contributed by atoms with van der Waals surface area (Å²) in [5.74, 6) is 0. The molecule has 120 valence electrons. The molecule has 0 aromatic carbocycles. The van der Waals surface area contributed by atoms with E-state index < -0.39 is 0 Å². The van der Waals surface area contributed by atoms with Crippen molar-refractivity contribution in [1.82, 2.24) is 5.32 Å². The highest BCUT2D eigenvalue weighted by molar-refractivity contribution is 4.79. The van der Waals surface area contributed by atoms with Crippen LogP contribution in [0.5, 0.6) is 0 Å². The summed E-state index contributed by atoms with van der Waals surface area (Å²) in [4.78, 5) is 0. The van der Waals surface area contributed by atoms with E-state index in [0.717, 1.165) is 18.6 Å². The van der Waals surface area contributed by atoms with Gasteiger partial charge in [0.1, 0.15) is 0 Å². The molecule has 2 nitrogen and oxygen atoms in total. The Morgan fingerprint density at radius 3 is 1.65 bits per heavy atom. The summed E-state index contributed by atoms with van der Waals surface area (Å²) in [5, 5.41) is 3.86.